The van der Waals surface area contributed by atoms with Crippen molar-refractivity contribution in [1.29, 1.82) is 0 Å². The van der Waals surface area contributed by atoms with Crippen LogP contribution in [0.1, 0.15) is 32.8 Å². The largest absolute Gasteiger partial charge is 0.444 e. The van der Waals surface area contributed by atoms with Crippen LogP contribution in [0, 0.1) is 0 Å². The summed E-state index contributed by atoms with van der Waals surface area (Å²) in [6.45, 7) is 9.21. The Morgan fingerprint density at radius 2 is 1.92 bits per heavy atom. The maximum Gasteiger partial charge on any atom is 0.407 e. The minimum atomic E-state index is -0.571. The van der Waals surface area contributed by atoms with Gasteiger partial charge in [-0.25, -0.2) is 4.79 Å². The summed E-state index contributed by atoms with van der Waals surface area (Å²) in [5.41, 5.74) is 0.900. The Labute approximate surface area is 147 Å². The second-order valence-electron chi connectivity index (χ2n) is 6.35. The molecule has 1 aromatic rings. The van der Waals surface area contributed by atoms with E-state index in [1.54, 1.807) is 39.0 Å². The number of hydrogen-bond acceptors (Lipinski definition) is 4. The van der Waals surface area contributed by atoms with E-state index in [4.69, 9.17) is 4.74 Å². The summed E-state index contributed by atoms with van der Waals surface area (Å²) in [7, 11) is 0. The molecule has 3 N–H and O–H groups in total. The number of alkyl carbamates (subject to hydrolysis) is 1. The van der Waals surface area contributed by atoms with Crippen molar-refractivity contribution in [2.24, 2.45) is 0 Å². The van der Waals surface area contributed by atoms with Crippen molar-refractivity contribution in [3.63, 3.8) is 0 Å². The molecule has 7 heteroatoms. The molecule has 136 valence electrons. The molecule has 0 radical (unpaired) electrons. The summed E-state index contributed by atoms with van der Waals surface area (Å²) in [6.07, 6.45) is 0.782. The van der Waals surface area contributed by atoms with Crippen LogP contribution in [0.25, 0.3) is 0 Å². The van der Waals surface area contributed by atoms with Crippen LogP contribution in [-0.4, -0.2) is 30.1 Å². The van der Waals surface area contributed by atoms with Gasteiger partial charge in [-0.05, 0) is 44.5 Å². The van der Waals surface area contributed by atoms with Crippen molar-refractivity contribution >= 4 is 23.6 Å². The van der Waals surface area contributed by atoms with Gasteiger partial charge in [-0.3, -0.25) is 9.59 Å². The summed E-state index contributed by atoms with van der Waals surface area (Å²) < 4.78 is 5.08. The van der Waals surface area contributed by atoms with E-state index in [1.165, 1.54) is 6.08 Å². The van der Waals surface area contributed by atoms with Crippen molar-refractivity contribution in [2.75, 3.05) is 11.9 Å². The number of rotatable bonds is 7. The van der Waals surface area contributed by atoms with E-state index in [1.807, 2.05) is 6.07 Å². The molecule has 0 aliphatic heterocycles. The van der Waals surface area contributed by atoms with Gasteiger partial charge in [0.15, 0.2) is 0 Å². The van der Waals surface area contributed by atoms with Crippen molar-refractivity contribution in [1.82, 2.24) is 10.6 Å². The van der Waals surface area contributed by atoms with E-state index in [0.717, 1.165) is 5.56 Å². The number of carbonyl (C=O) groups is 3. The number of hydrogen-bond donors (Lipinski definition) is 3. The lowest BCUT2D eigenvalue weighted by Gasteiger charge is -2.19. The molecule has 0 aromatic heterocycles. The fourth-order valence-corrected chi connectivity index (χ4v) is 1.83. The number of anilines is 1. The van der Waals surface area contributed by atoms with Gasteiger partial charge in [-0.15, -0.1) is 0 Å². The van der Waals surface area contributed by atoms with Gasteiger partial charge in [-0.2, -0.15) is 0 Å². The van der Waals surface area contributed by atoms with Crippen LogP contribution in [0.2, 0.25) is 0 Å². The molecule has 0 unspecified atom stereocenters. The molecule has 0 spiro atoms. The van der Waals surface area contributed by atoms with E-state index < -0.39 is 11.7 Å². The van der Waals surface area contributed by atoms with Gasteiger partial charge in [0, 0.05) is 25.2 Å². The maximum absolute atomic E-state index is 11.8. The fraction of sp³-hybridized carbons (Fsp3) is 0.389. The Morgan fingerprint density at radius 1 is 1.20 bits per heavy atom. The molecule has 25 heavy (non-hydrogen) atoms. The number of ether oxygens (including phenoxy) is 1. The zero-order valence-electron chi connectivity index (χ0n) is 14.8. The number of benzene rings is 1. The minimum Gasteiger partial charge on any atom is -0.444 e. The first kappa shape index (κ1) is 20.2. The Balaban J connectivity index is 2.34. The summed E-state index contributed by atoms with van der Waals surface area (Å²) in [4.78, 5) is 34.5. The standard InChI is InChI=1S/C18H25N3O4/c1-5-15(22)21-14-8-6-7-13(11-14)12-20-16(23)9-10-19-17(24)25-18(2,3)4/h5-8,11H,1,9-10,12H2,2-4H3,(H,19,24)(H,20,23)(H,21,22). The second kappa shape index (κ2) is 9.46. The monoisotopic (exact) mass is 347 g/mol. The van der Waals surface area contributed by atoms with Crippen molar-refractivity contribution in [2.45, 2.75) is 39.3 Å². The average Bonchev–Trinajstić information content (AvgIpc) is 2.51. The number of nitrogens with one attached hydrogen (secondary N) is 3. The number of amides is 3. The topological polar surface area (TPSA) is 96.5 Å². The minimum absolute atomic E-state index is 0.145. The summed E-state index contributed by atoms with van der Waals surface area (Å²) >= 11 is 0. The van der Waals surface area contributed by atoms with Crippen LogP contribution in [0.5, 0.6) is 0 Å². The van der Waals surface area contributed by atoms with E-state index in [0.29, 0.717) is 12.2 Å². The molecule has 0 aliphatic carbocycles. The third-order valence-electron chi connectivity index (χ3n) is 2.89. The average molecular weight is 347 g/mol. The van der Waals surface area contributed by atoms with Crippen LogP contribution in [0.3, 0.4) is 0 Å². The van der Waals surface area contributed by atoms with Crippen LogP contribution >= 0.6 is 0 Å². The highest BCUT2D eigenvalue weighted by molar-refractivity contribution is 5.98. The molecule has 0 heterocycles. The molecule has 1 aromatic carbocycles. The fourth-order valence-electron chi connectivity index (χ4n) is 1.83. The van der Waals surface area contributed by atoms with Crippen molar-refractivity contribution in [3.05, 3.63) is 42.5 Å². The lowest BCUT2D eigenvalue weighted by atomic mass is 10.2. The van der Waals surface area contributed by atoms with Gasteiger partial charge in [0.25, 0.3) is 0 Å². The molecule has 0 bridgehead atoms. The lowest BCUT2D eigenvalue weighted by molar-refractivity contribution is -0.121. The van der Waals surface area contributed by atoms with Gasteiger partial charge in [0.2, 0.25) is 11.8 Å². The predicted octanol–water partition coefficient (Wildman–Crippen LogP) is 2.34. The Hall–Kier alpha value is -2.83. The van der Waals surface area contributed by atoms with E-state index >= 15 is 0 Å². The molecule has 3 amide bonds. The first-order chi connectivity index (χ1) is 11.7. The normalized spacial score (nSPS) is 10.5. The van der Waals surface area contributed by atoms with Crippen LogP contribution in [0.4, 0.5) is 10.5 Å². The molecule has 0 atom stereocenters. The van der Waals surface area contributed by atoms with Crippen LogP contribution < -0.4 is 16.0 Å². The highest BCUT2D eigenvalue weighted by Gasteiger charge is 2.15. The summed E-state index contributed by atoms with van der Waals surface area (Å²) in [5, 5.41) is 7.93. The third kappa shape index (κ3) is 9.14. The Morgan fingerprint density at radius 3 is 2.56 bits per heavy atom. The van der Waals surface area contributed by atoms with Crippen molar-refractivity contribution in [3.8, 4) is 0 Å². The Bertz CT molecular complexity index is 635. The molecule has 0 fully saturated rings. The molecule has 7 nitrogen and oxygen atoms in total. The van der Waals surface area contributed by atoms with Gasteiger partial charge < -0.3 is 20.7 Å². The molecule has 0 saturated heterocycles. The van der Waals surface area contributed by atoms with Crippen LogP contribution in [-0.2, 0) is 20.9 Å². The zero-order chi connectivity index (χ0) is 18.9. The van der Waals surface area contributed by atoms with E-state index in [9.17, 15) is 14.4 Å². The number of carbonyl (C=O) groups excluding carboxylic acids is 3. The first-order valence-electron chi connectivity index (χ1n) is 7.95. The molecule has 0 aliphatic rings. The summed E-state index contributed by atoms with van der Waals surface area (Å²) in [6, 6.07) is 7.13. The van der Waals surface area contributed by atoms with E-state index in [-0.39, 0.29) is 24.8 Å². The van der Waals surface area contributed by atoms with Gasteiger partial charge >= 0.3 is 6.09 Å². The quantitative estimate of drug-likeness (QED) is 0.660. The Kier molecular flexibility index (Phi) is 7.65. The zero-order valence-corrected chi connectivity index (χ0v) is 14.8. The summed E-state index contributed by atoms with van der Waals surface area (Å²) in [5.74, 6) is -0.494. The smallest absolute Gasteiger partial charge is 0.407 e. The molecular weight excluding hydrogens is 322 g/mol. The van der Waals surface area contributed by atoms with Gasteiger partial charge in [0.05, 0.1) is 0 Å². The molecular formula is C18H25N3O4. The van der Waals surface area contributed by atoms with Gasteiger partial charge in [-0.1, -0.05) is 18.7 Å². The van der Waals surface area contributed by atoms with Crippen LogP contribution in [0.15, 0.2) is 36.9 Å². The maximum atomic E-state index is 11.8. The first-order valence-corrected chi connectivity index (χ1v) is 7.95. The van der Waals surface area contributed by atoms with E-state index in [2.05, 4.69) is 22.5 Å². The molecule has 1 rings (SSSR count). The molecule has 0 saturated carbocycles. The lowest BCUT2D eigenvalue weighted by Crippen LogP contribution is -2.35. The highest BCUT2D eigenvalue weighted by atomic mass is 16.6. The van der Waals surface area contributed by atoms with Crippen molar-refractivity contribution < 1.29 is 19.1 Å². The van der Waals surface area contributed by atoms with Gasteiger partial charge in [0.1, 0.15) is 5.60 Å². The SMILES string of the molecule is C=CC(=O)Nc1cccc(CNC(=O)CCNC(=O)OC(C)(C)C)c1. The third-order valence-corrected chi connectivity index (χ3v) is 2.89. The second-order valence-corrected chi connectivity index (χ2v) is 6.35. The predicted molar refractivity (Wildman–Crippen MR) is 96.0 cm³/mol. The highest BCUT2D eigenvalue weighted by Crippen LogP contribution is 2.10.